The van der Waals surface area contributed by atoms with Crippen LogP contribution in [0.4, 0.5) is 0 Å². The standard InChI is InChI=1S/C18H20O3/c1-20-15-6-2-4-13(10-15)12-21-16-9-8-14-5-3-7-18(19)17(14)11-16/h2,4,6,8-11,18-19H,3,5,7,12H2,1H3/t18-/m0/s1. The zero-order valence-electron chi connectivity index (χ0n) is 12.2. The Morgan fingerprint density at radius 2 is 2.05 bits per heavy atom. The third-order valence-corrected chi connectivity index (χ3v) is 3.94. The molecule has 0 heterocycles. The minimum atomic E-state index is -0.353. The third kappa shape index (κ3) is 3.19. The van der Waals surface area contributed by atoms with E-state index in [1.165, 1.54) is 5.56 Å². The molecule has 0 unspecified atom stereocenters. The second-order valence-corrected chi connectivity index (χ2v) is 5.41. The number of methoxy groups -OCH3 is 1. The first-order chi connectivity index (χ1) is 10.3. The van der Waals surface area contributed by atoms with Crippen LogP contribution < -0.4 is 9.47 Å². The van der Waals surface area contributed by atoms with E-state index in [4.69, 9.17) is 9.47 Å². The van der Waals surface area contributed by atoms with Crippen LogP contribution in [0.3, 0.4) is 0 Å². The molecule has 0 aliphatic heterocycles. The van der Waals surface area contributed by atoms with E-state index in [2.05, 4.69) is 6.07 Å². The van der Waals surface area contributed by atoms with Crippen LogP contribution in [0.1, 0.15) is 35.6 Å². The van der Waals surface area contributed by atoms with Crippen molar-refractivity contribution in [3.8, 4) is 11.5 Å². The Bertz CT molecular complexity index is 622. The number of hydrogen-bond donors (Lipinski definition) is 1. The summed E-state index contributed by atoms with van der Waals surface area (Å²) in [4.78, 5) is 0. The maximum Gasteiger partial charge on any atom is 0.120 e. The number of rotatable bonds is 4. The monoisotopic (exact) mass is 284 g/mol. The van der Waals surface area contributed by atoms with Gasteiger partial charge >= 0.3 is 0 Å². The molecule has 0 aromatic heterocycles. The number of ether oxygens (including phenoxy) is 2. The van der Waals surface area contributed by atoms with Crippen LogP contribution in [-0.2, 0) is 13.0 Å². The Kier molecular flexibility index (Phi) is 4.11. The maximum atomic E-state index is 10.1. The minimum Gasteiger partial charge on any atom is -0.497 e. The highest BCUT2D eigenvalue weighted by molar-refractivity contribution is 5.38. The number of fused-ring (bicyclic) bond motifs is 1. The summed E-state index contributed by atoms with van der Waals surface area (Å²) in [6, 6.07) is 13.9. The maximum absolute atomic E-state index is 10.1. The van der Waals surface area contributed by atoms with Gasteiger partial charge in [-0.15, -0.1) is 0 Å². The van der Waals surface area contributed by atoms with E-state index in [0.717, 1.165) is 41.9 Å². The summed E-state index contributed by atoms with van der Waals surface area (Å²) in [6.07, 6.45) is 2.58. The first-order valence-corrected chi connectivity index (χ1v) is 7.33. The van der Waals surface area contributed by atoms with Crippen molar-refractivity contribution in [2.45, 2.75) is 32.0 Å². The van der Waals surface area contributed by atoms with Gasteiger partial charge in [-0.1, -0.05) is 18.2 Å². The first-order valence-electron chi connectivity index (χ1n) is 7.33. The van der Waals surface area contributed by atoms with Crippen molar-refractivity contribution in [1.29, 1.82) is 0 Å². The van der Waals surface area contributed by atoms with E-state index in [1.807, 2.05) is 36.4 Å². The lowest BCUT2D eigenvalue weighted by atomic mass is 9.89. The fourth-order valence-electron chi connectivity index (χ4n) is 2.77. The van der Waals surface area contributed by atoms with E-state index >= 15 is 0 Å². The normalized spacial score (nSPS) is 17.1. The second-order valence-electron chi connectivity index (χ2n) is 5.41. The van der Waals surface area contributed by atoms with E-state index in [-0.39, 0.29) is 6.10 Å². The lowest BCUT2D eigenvalue weighted by Crippen LogP contribution is -2.09. The van der Waals surface area contributed by atoms with Crippen LogP contribution in [-0.4, -0.2) is 12.2 Å². The SMILES string of the molecule is COc1cccc(COc2ccc3c(c2)[C@@H](O)CCC3)c1. The van der Waals surface area contributed by atoms with Gasteiger partial charge in [0.15, 0.2) is 0 Å². The average molecular weight is 284 g/mol. The molecule has 0 amide bonds. The summed E-state index contributed by atoms with van der Waals surface area (Å²) in [6.45, 7) is 0.492. The van der Waals surface area contributed by atoms with E-state index in [0.29, 0.717) is 6.61 Å². The number of hydrogen-bond acceptors (Lipinski definition) is 3. The van der Waals surface area contributed by atoms with Crippen molar-refractivity contribution in [2.75, 3.05) is 7.11 Å². The van der Waals surface area contributed by atoms with Gasteiger partial charge in [0.25, 0.3) is 0 Å². The van der Waals surface area contributed by atoms with E-state index in [9.17, 15) is 5.11 Å². The highest BCUT2D eigenvalue weighted by atomic mass is 16.5. The molecule has 3 nitrogen and oxygen atoms in total. The number of aryl methyl sites for hydroxylation is 1. The topological polar surface area (TPSA) is 38.7 Å². The van der Waals surface area contributed by atoms with Gasteiger partial charge in [-0.05, 0) is 60.2 Å². The lowest BCUT2D eigenvalue weighted by molar-refractivity contribution is 0.156. The molecule has 3 heteroatoms. The first kappa shape index (κ1) is 14.0. The van der Waals surface area contributed by atoms with Crippen molar-refractivity contribution in [2.24, 2.45) is 0 Å². The molecule has 0 spiro atoms. The second kappa shape index (κ2) is 6.19. The molecule has 1 N–H and O–H groups in total. The van der Waals surface area contributed by atoms with Gasteiger partial charge in [-0.3, -0.25) is 0 Å². The van der Waals surface area contributed by atoms with Crippen LogP contribution >= 0.6 is 0 Å². The zero-order chi connectivity index (χ0) is 14.7. The minimum absolute atomic E-state index is 0.353. The van der Waals surface area contributed by atoms with Crippen LogP contribution in [0.25, 0.3) is 0 Å². The van der Waals surface area contributed by atoms with Gasteiger partial charge < -0.3 is 14.6 Å². The predicted octanol–water partition coefficient (Wildman–Crippen LogP) is 3.64. The molecule has 0 fully saturated rings. The zero-order valence-corrected chi connectivity index (χ0v) is 12.2. The van der Waals surface area contributed by atoms with Crippen LogP contribution in [0.5, 0.6) is 11.5 Å². The third-order valence-electron chi connectivity index (χ3n) is 3.94. The molecule has 1 aliphatic carbocycles. The fraction of sp³-hybridized carbons (Fsp3) is 0.333. The molecule has 21 heavy (non-hydrogen) atoms. The highest BCUT2D eigenvalue weighted by Crippen LogP contribution is 2.32. The van der Waals surface area contributed by atoms with E-state index in [1.54, 1.807) is 7.11 Å². The molecule has 0 saturated carbocycles. The van der Waals surface area contributed by atoms with E-state index < -0.39 is 0 Å². The largest absolute Gasteiger partial charge is 0.497 e. The van der Waals surface area contributed by atoms with Gasteiger partial charge in [-0.2, -0.15) is 0 Å². The summed E-state index contributed by atoms with van der Waals surface area (Å²) < 4.78 is 11.0. The fourth-order valence-corrected chi connectivity index (χ4v) is 2.77. The van der Waals surface area contributed by atoms with Gasteiger partial charge in [0.2, 0.25) is 0 Å². The molecule has 2 aromatic carbocycles. The Morgan fingerprint density at radius 3 is 2.90 bits per heavy atom. The summed E-state index contributed by atoms with van der Waals surface area (Å²) in [7, 11) is 1.66. The predicted molar refractivity (Wildman–Crippen MR) is 81.7 cm³/mol. The molecule has 2 aromatic rings. The molecular formula is C18H20O3. The average Bonchev–Trinajstić information content (AvgIpc) is 2.54. The molecule has 0 radical (unpaired) electrons. The molecular weight excluding hydrogens is 264 g/mol. The van der Waals surface area contributed by atoms with Gasteiger partial charge in [-0.25, -0.2) is 0 Å². The molecule has 1 atom stereocenters. The molecule has 1 aliphatic rings. The molecule has 110 valence electrons. The Balaban J connectivity index is 1.72. The van der Waals surface area contributed by atoms with Crippen LogP contribution in [0.15, 0.2) is 42.5 Å². The smallest absolute Gasteiger partial charge is 0.120 e. The van der Waals surface area contributed by atoms with Gasteiger partial charge in [0.1, 0.15) is 18.1 Å². The highest BCUT2D eigenvalue weighted by Gasteiger charge is 2.18. The number of benzene rings is 2. The Morgan fingerprint density at radius 1 is 1.14 bits per heavy atom. The molecule has 3 rings (SSSR count). The van der Waals surface area contributed by atoms with Gasteiger partial charge in [0.05, 0.1) is 13.2 Å². The molecule has 0 saturated heterocycles. The Hall–Kier alpha value is -2.00. The van der Waals surface area contributed by atoms with Crippen molar-refractivity contribution in [1.82, 2.24) is 0 Å². The van der Waals surface area contributed by atoms with Crippen LogP contribution in [0.2, 0.25) is 0 Å². The van der Waals surface area contributed by atoms with Crippen molar-refractivity contribution < 1.29 is 14.6 Å². The molecule has 0 bridgehead atoms. The van der Waals surface area contributed by atoms with Crippen molar-refractivity contribution >= 4 is 0 Å². The van der Waals surface area contributed by atoms with Crippen molar-refractivity contribution in [3.63, 3.8) is 0 Å². The Labute approximate surface area is 125 Å². The van der Waals surface area contributed by atoms with Crippen molar-refractivity contribution in [3.05, 3.63) is 59.2 Å². The quantitative estimate of drug-likeness (QED) is 0.931. The van der Waals surface area contributed by atoms with Crippen LogP contribution in [0, 0.1) is 0 Å². The lowest BCUT2D eigenvalue weighted by Gasteiger charge is -2.22. The summed E-state index contributed by atoms with van der Waals surface area (Å²) in [5.41, 5.74) is 3.32. The number of aliphatic hydroxyl groups excluding tert-OH is 1. The number of aliphatic hydroxyl groups is 1. The summed E-state index contributed by atoms with van der Waals surface area (Å²) >= 11 is 0. The van der Waals surface area contributed by atoms with Gasteiger partial charge in [0, 0.05) is 0 Å². The summed E-state index contributed by atoms with van der Waals surface area (Å²) in [5, 5.41) is 10.1. The summed E-state index contributed by atoms with van der Waals surface area (Å²) in [5.74, 6) is 1.63.